The van der Waals surface area contributed by atoms with E-state index < -0.39 is 5.60 Å². The Bertz CT molecular complexity index is 693. The Balaban J connectivity index is 1.47. The number of amides is 2. The minimum atomic E-state index is -0.487. The van der Waals surface area contributed by atoms with Gasteiger partial charge in [0.2, 0.25) is 5.91 Å². The predicted octanol–water partition coefficient (Wildman–Crippen LogP) is 3.37. The third-order valence-electron chi connectivity index (χ3n) is 5.74. The zero-order valence-electron chi connectivity index (χ0n) is 18.3. The van der Waals surface area contributed by atoms with Gasteiger partial charge in [-0.3, -0.25) is 9.69 Å². The van der Waals surface area contributed by atoms with E-state index in [9.17, 15) is 9.59 Å². The molecule has 0 unspecified atom stereocenters. The van der Waals surface area contributed by atoms with E-state index in [2.05, 4.69) is 41.0 Å². The van der Waals surface area contributed by atoms with E-state index in [1.807, 2.05) is 26.8 Å². The first kappa shape index (κ1) is 21.6. The highest BCUT2D eigenvalue weighted by molar-refractivity contribution is 5.80. The zero-order valence-corrected chi connectivity index (χ0v) is 18.3. The quantitative estimate of drug-likeness (QED) is 0.779. The Hall–Kier alpha value is -2.08. The molecule has 160 valence electrons. The summed E-state index contributed by atoms with van der Waals surface area (Å²) in [6.45, 7) is 12.5. The summed E-state index contributed by atoms with van der Waals surface area (Å²) in [4.78, 5) is 31.5. The molecule has 0 radical (unpaired) electrons. The Morgan fingerprint density at radius 3 is 2.28 bits per heavy atom. The molecule has 6 heteroatoms. The normalized spacial score (nSPS) is 21.9. The fraction of sp³-hybridized carbons (Fsp3) is 0.652. The molecule has 2 aliphatic heterocycles. The molecule has 2 saturated heterocycles. The van der Waals surface area contributed by atoms with Gasteiger partial charge in [0.25, 0.3) is 0 Å². The second-order valence-corrected chi connectivity index (χ2v) is 9.34. The molecule has 6 nitrogen and oxygen atoms in total. The summed E-state index contributed by atoms with van der Waals surface area (Å²) < 4.78 is 5.45. The highest BCUT2D eigenvalue weighted by Crippen LogP contribution is 2.24. The van der Waals surface area contributed by atoms with Crippen LogP contribution in [0.15, 0.2) is 30.3 Å². The maximum atomic E-state index is 13.1. The van der Waals surface area contributed by atoms with Gasteiger partial charge in [0, 0.05) is 51.2 Å². The van der Waals surface area contributed by atoms with E-state index in [-0.39, 0.29) is 24.0 Å². The zero-order chi connectivity index (χ0) is 21.0. The lowest BCUT2D eigenvalue weighted by Crippen LogP contribution is -2.56. The molecule has 0 aliphatic carbocycles. The second kappa shape index (κ2) is 9.16. The molecular formula is C23H35N3O3. The number of likely N-dealkylation sites (tertiary alicyclic amines) is 1. The Morgan fingerprint density at radius 1 is 1.03 bits per heavy atom. The van der Waals surface area contributed by atoms with E-state index in [4.69, 9.17) is 4.74 Å². The first-order valence-corrected chi connectivity index (χ1v) is 10.8. The average molecular weight is 402 g/mol. The van der Waals surface area contributed by atoms with Crippen molar-refractivity contribution in [2.24, 2.45) is 5.92 Å². The summed E-state index contributed by atoms with van der Waals surface area (Å²) in [5.74, 6) is 0.262. The van der Waals surface area contributed by atoms with Crippen molar-refractivity contribution in [1.29, 1.82) is 0 Å². The number of hydrogen-bond donors (Lipinski definition) is 0. The Kier molecular flexibility index (Phi) is 6.83. The maximum Gasteiger partial charge on any atom is 0.410 e. The van der Waals surface area contributed by atoms with Crippen LogP contribution >= 0.6 is 0 Å². The van der Waals surface area contributed by atoms with Crippen LogP contribution in [0.3, 0.4) is 0 Å². The lowest BCUT2D eigenvalue weighted by atomic mass is 9.94. The van der Waals surface area contributed by atoms with Crippen molar-refractivity contribution < 1.29 is 14.3 Å². The summed E-state index contributed by atoms with van der Waals surface area (Å²) in [6.07, 6.45) is 1.16. The summed E-state index contributed by atoms with van der Waals surface area (Å²) >= 11 is 0. The number of nitrogens with zero attached hydrogens (tertiary/aromatic N) is 3. The van der Waals surface area contributed by atoms with Gasteiger partial charge in [0.15, 0.2) is 0 Å². The van der Waals surface area contributed by atoms with E-state index >= 15 is 0 Å². The van der Waals surface area contributed by atoms with Crippen molar-refractivity contribution in [3.8, 4) is 0 Å². The smallest absolute Gasteiger partial charge is 0.410 e. The molecule has 2 aliphatic rings. The molecule has 2 fully saturated rings. The van der Waals surface area contributed by atoms with Gasteiger partial charge in [-0.05, 0) is 46.1 Å². The van der Waals surface area contributed by atoms with Crippen LogP contribution in [0, 0.1) is 5.92 Å². The summed E-state index contributed by atoms with van der Waals surface area (Å²) in [5, 5.41) is 0. The molecule has 2 heterocycles. The molecule has 2 amide bonds. The van der Waals surface area contributed by atoms with Gasteiger partial charge in [0.1, 0.15) is 5.60 Å². The number of benzene rings is 1. The highest BCUT2D eigenvalue weighted by Gasteiger charge is 2.35. The van der Waals surface area contributed by atoms with E-state index in [1.165, 1.54) is 5.56 Å². The standard InChI is InChI=1S/C23H35N3O3/c1-18-16-24(17-19-8-6-5-7-9-19)14-15-26(18)21(27)20-10-12-25(13-11-20)22(28)29-23(2,3)4/h5-9,18,20H,10-17H2,1-4H3/t18-/m0/s1. The van der Waals surface area contributed by atoms with Crippen molar-refractivity contribution in [2.45, 2.75) is 58.7 Å². The third kappa shape index (κ3) is 5.95. The topological polar surface area (TPSA) is 53.1 Å². The number of ether oxygens (including phenoxy) is 1. The molecule has 3 rings (SSSR count). The van der Waals surface area contributed by atoms with Crippen LogP contribution in [0.1, 0.15) is 46.1 Å². The monoisotopic (exact) mass is 401 g/mol. The number of rotatable bonds is 3. The van der Waals surface area contributed by atoms with Crippen molar-refractivity contribution in [3.63, 3.8) is 0 Å². The minimum Gasteiger partial charge on any atom is -0.444 e. The number of hydrogen-bond acceptors (Lipinski definition) is 4. The Labute approximate surface area is 174 Å². The van der Waals surface area contributed by atoms with Gasteiger partial charge in [0.05, 0.1) is 0 Å². The first-order chi connectivity index (χ1) is 13.7. The van der Waals surface area contributed by atoms with Crippen LogP contribution in [0.5, 0.6) is 0 Å². The largest absolute Gasteiger partial charge is 0.444 e. The molecule has 0 saturated carbocycles. The van der Waals surface area contributed by atoms with Gasteiger partial charge >= 0.3 is 6.09 Å². The maximum absolute atomic E-state index is 13.1. The van der Waals surface area contributed by atoms with Crippen molar-refractivity contribution in [1.82, 2.24) is 14.7 Å². The Morgan fingerprint density at radius 2 is 1.69 bits per heavy atom. The predicted molar refractivity (Wildman–Crippen MR) is 113 cm³/mol. The van der Waals surface area contributed by atoms with Crippen LogP contribution in [0.4, 0.5) is 4.79 Å². The van der Waals surface area contributed by atoms with Crippen molar-refractivity contribution in [3.05, 3.63) is 35.9 Å². The number of carbonyl (C=O) groups is 2. The highest BCUT2D eigenvalue weighted by atomic mass is 16.6. The minimum absolute atomic E-state index is 0.0109. The van der Waals surface area contributed by atoms with Crippen LogP contribution < -0.4 is 0 Å². The van der Waals surface area contributed by atoms with Gasteiger partial charge < -0.3 is 14.5 Å². The SMILES string of the molecule is C[C@H]1CN(Cc2ccccc2)CCN1C(=O)C1CCN(C(=O)OC(C)(C)C)CC1. The average Bonchev–Trinajstić information content (AvgIpc) is 2.67. The number of piperidine rings is 1. The van der Waals surface area contributed by atoms with Crippen molar-refractivity contribution >= 4 is 12.0 Å². The summed E-state index contributed by atoms with van der Waals surface area (Å²) in [5.41, 5.74) is 0.826. The summed E-state index contributed by atoms with van der Waals surface area (Å²) in [6, 6.07) is 10.7. The molecule has 0 aromatic heterocycles. The van der Waals surface area contributed by atoms with E-state index in [1.54, 1.807) is 4.90 Å². The third-order valence-corrected chi connectivity index (χ3v) is 5.74. The molecule has 1 atom stereocenters. The van der Waals surface area contributed by atoms with Gasteiger partial charge in [-0.25, -0.2) is 4.79 Å². The van der Waals surface area contributed by atoms with Crippen LogP contribution in [-0.4, -0.2) is 71.1 Å². The molecule has 1 aromatic carbocycles. The fourth-order valence-corrected chi connectivity index (χ4v) is 4.22. The molecule has 1 aromatic rings. The molecule has 0 bridgehead atoms. The second-order valence-electron chi connectivity index (χ2n) is 9.34. The molecular weight excluding hydrogens is 366 g/mol. The van der Waals surface area contributed by atoms with E-state index in [0.717, 1.165) is 39.0 Å². The van der Waals surface area contributed by atoms with Gasteiger partial charge in [-0.2, -0.15) is 0 Å². The lowest BCUT2D eigenvalue weighted by molar-refractivity contribution is -0.141. The number of carbonyl (C=O) groups excluding carboxylic acids is 2. The van der Waals surface area contributed by atoms with Crippen LogP contribution in [0.2, 0.25) is 0 Å². The number of piperazine rings is 1. The first-order valence-electron chi connectivity index (χ1n) is 10.8. The van der Waals surface area contributed by atoms with Gasteiger partial charge in [-0.1, -0.05) is 30.3 Å². The molecule has 0 N–H and O–H groups in total. The van der Waals surface area contributed by atoms with Gasteiger partial charge in [-0.15, -0.1) is 0 Å². The fourth-order valence-electron chi connectivity index (χ4n) is 4.22. The van der Waals surface area contributed by atoms with Crippen LogP contribution in [-0.2, 0) is 16.1 Å². The lowest BCUT2D eigenvalue weighted by Gasteiger charge is -2.42. The summed E-state index contributed by atoms with van der Waals surface area (Å²) in [7, 11) is 0. The van der Waals surface area contributed by atoms with Crippen LogP contribution in [0.25, 0.3) is 0 Å². The molecule has 29 heavy (non-hydrogen) atoms. The van der Waals surface area contributed by atoms with E-state index in [0.29, 0.717) is 13.1 Å². The molecule has 0 spiro atoms. The van der Waals surface area contributed by atoms with Crippen molar-refractivity contribution in [2.75, 3.05) is 32.7 Å².